The summed E-state index contributed by atoms with van der Waals surface area (Å²) >= 11 is 0. The van der Waals surface area contributed by atoms with Crippen LogP contribution in [0.3, 0.4) is 0 Å². The maximum atomic E-state index is 14.7. The number of nitrogens with one attached hydrogen (secondary N) is 1. The minimum atomic E-state index is -0.761. The van der Waals surface area contributed by atoms with Crippen molar-refractivity contribution in [1.82, 2.24) is 10.2 Å². The Bertz CT molecular complexity index is 1180. The van der Waals surface area contributed by atoms with Gasteiger partial charge in [0.05, 0.1) is 12.2 Å². The molecule has 0 bridgehead atoms. The van der Waals surface area contributed by atoms with Crippen molar-refractivity contribution >= 4 is 11.7 Å². The lowest BCUT2D eigenvalue weighted by molar-refractivity contribution is 0.0526. The normalized spacial score (nSPS) is 11.7. The first-order chi connectivity index (χ1) is 15.2. The molecule has 31 heavy (non-hydrogen) atoms. The van der Waals surface area contributed by atoms with Crippen LogP contribution in [0.5, 0.6) is 0 Å². The third-order valence-corrected chi connectivity index (χ3v) is 4.61. The summed E-state index contributed by atoms with van der Waals surface area (Å²) in [6, 6.07) is 21.7. The zero-order valence-corrected chi connectivity index (χ0v) is 16.8. The summed E-state index contributed by atoms with van der Waals surface area (Å²) in [5, 5.41) is 11.5. The molecule has 4 rings (SSSR count). The van der Waals surface area contributed by atoms with Crippen LogP contribution in [0.25, 0.3) is 11.5 Å². The largest absolute Gasteiger partial charge is 0.462 e. The first kappa shape index (κ1) is 20.3. The fourth-order valence-corrected chi connectivity index (χ4v) is 3.15. The third-order valence-electron chi connectivity index (χ3n) is 4.61. The van der Waals surface area contributed by atoms with E-state index in [9.17, 15) is 9.18 Å². The maximum Gasteiger partial charge on any atom is 0.338 e. The summed E-state index contributed by atoms with van der Waals surface area (Å²) in [4.78, 5) is 12.1. The highest BCUT2D eigenvalue weighted by atomic mass is 19.1. The van der Waals surface area contributed by atoms with Crippen molar-refractivity contribution in [3.8, 4) is 11.5 Å². The highest BCUT2D eigenvalue weighted by Gasteiger charge is 2.24. The predicted octanol–water partition coefficient (Wildman–Crippen LogP) is 5.25. The Kier molecular flexibility index (Phi) is 6.03. The molecule has 0 fully saturated rings. The average molecular weight is 417 g/mol. The lowest BCUT2D eigenvalue weighted by Gasteiger charge is -2.18. The Morgan fingerprint density at radius 1 is 1.03 bits per heavy atom. The van der Waals surface area contributed by atoms with Crippen LogP contribution in [0.2, 0.25) is 0 Å². The van der Waals surface area contributed by atoms with Crippen LogP contribution in [0.1, 0.15) is 34.8 Å². The van der Waals surface area contributed by atoms with Gasteiger partial charge in [-0.3, -0.25) is 0 Å². The van der Waals surface area contributed by atoms with E-state index in [4.69, 9.17) is 9.15 Å². The molecule has 0 saturated carbocycles. The first-order valence-corrected chi connectivity index (χ1v) is 9.82. The topological polar surface area (TPSA) is 77.2 Å². The van der Waals surface area contributed by atoms with Crippen LogP contribution in [0.15, 0.2) is 83.3 Å². The molecule has 0 saturated heterocycles. The van der Waals surface area contributed by atoms with Crippen molar-refractivity contribution < 1.29 is 18.3 Å². The quantitative estimate of drug-likeness (QED) is 0.414. The molecular weight excluding hydrogens is 397 g/mol. The number of rotatable bonds is 7. The smallest absolute Gasteiger partial charge is 0.338 e. The summed E-state index contributed by atoms with van der Waals surface area (Å²) in [7, 11) is 0. The van der Waals surface area contributed by atoms with Crippen molar-refractivity contribution in [3.63, 3.8) is 0 Å². The van der Waals surface area contributed by atoms with Crippen molar-refractivity contribution in [2.24, 2.45) is 0 Å². The molecule has 0 aliphatic carbocycles. The predicted molar refractivity (Wildman–Crippen MR) is 114 cm³/mol. The van der Waals surface area contributed by atoms with E-state index in [2.05, 4.69) is 15.5 Å². The van der Waals surface area contributed by atoms with Crippen LogP contribution < -0.4 is 5.32 Å². The van der Waals surface area contributed by atoms with Gasteiger partial charge in [-0.1, -0.05) is 42.5 Å². The highest BCUT2D eigenvalue weighted by Crippen LogP contribution is 2.30. The van der Waals surface area contributed by atoms with E-state index in [1.165, 1.54) is 6.07 Å². The number of hydrogen-bond donors (Lipinski definition) is 1. The number of aromatic nitrogens is 2. The van der Waals surface area contributed by atoms with E-state index >= 15 is 0 Å². The van der Waals surface area contributed by atoms with Crippen molar-refractivity contribution in [2.45, 2.75) is 13.0 Å². The lowest BCUT2D eigenvalue weighted by atomic mass is 10.1. The molecule has 156 valence electrons. The molecule has 1 heterocycles. The van der Waals surface area contributed by atoms with Gasteiger partial charge in [0.25, 0.3) is 0 Å². The molecule has 1 N–H and O–H groups in total. The van der Waals surface area contributed by atoms with Gasteiger partial charge < -0.3 is 14.5 Å². The number of halogens is 1. The zero-order chi connectivity index (χ0) is 21.6. The van der Waals surface area contributed by atoms with Crippen molar-refractivity contribution in [2.75, 3.05) is 11.9 Å². The second kappa shape index (κ2) is 9.21. The Morgan fingerprint density at radius 2 is 1.81 bits per heavy atom. The van der Waals surface area contributed by atoms with Gasteiger partial charge in [0.2, 0.25) is 11.8 Å². The molecule has 4 aromatic rings. The number of carbonyl (C=O) groups is 1. The minimum Gasteiger partial charge on any atom is -0.462 e. The molecule has 0 amide bonds. The zero-order valence-electron chi connectivity index (χ0n) is 16.8. The Labute approximate surface area is 178 Å². The standard InChI is InChI=1S/C24H20FN3O3/c1-2-30-24(29)17-11-8-12-18(15-17)26-21(19-13-6-7-14-20(19)25)23-28-27-22(31-23)16-9-4-3-5-10-16/h3-15,21,26H,2H2,1H3/t21-/m1/s1. The Balaban J connectivity index is 1.70. The van der Waals surface area contributed by atoms with Gasteiger partial charge in [-0.05, 0) is 43.3 Å². The highest BCUT2D eigenvalue weighted by molar-refractivity contribution is 5.90. The second-order valence-corrected chi connectivity index (χ2v) is 6.71. The van der Waals surface area contributed by atoms with Gasteiger partial charge in [0.15, 0.2) is 0 Å². The minimum absolute atomic E-state index is 0.200. The van der Waals surface area contributed by atoms with Gasteiger partial charge >= 0.3 is 5.97 Å². The van der Waals surface area contributed by atoms with Crippen molar-refractivity contribution in [3.05, 3.63) is 102 Å². The number of ether oxygens (including phenoxy) is 1. The summed E-state index contributed by atoms with van der Waals surface area (Å²) in [5.41, 5.74) is 2.07. The molecule has 1 aromatic heterocycles. The van der Waals surface area contributed by atoms with E-state index in [0.29, 0.717) is 22.7 Å². The van der Waals surface area contributed by atoms with Crippen LogP contribution in [-0.4, -0.2) is 22.8 Å². The lowest BCUT2D eigenvalue weighted by Crippen LogP contribution is -2.15. The molecule has 0 aliphatic rings. The van der Waals surface area contributed by atoms with Gasteiger partial charge in [-0.2, -0.15) is 0 Å². The van der Waals surface area contributed by atoms with E-state index < -0.39 is 17.8 Å². The number of esters is 1. The molecule has 7 heteroatoms. The second-order valence-electron chi connectivity index (χ2n) is 6.71. The fourth-order valence-electron chi connectivity index (χ4n) is 3.15. The SMILES string of the molecule is CCOC(=O)c1cccc(N[C@@H](c2nnc(-c3ccccc3)o2)c2ccccc2F)c1. The average Bonchev–Trinajstić information content (AvgIpc) is 3.29. The van der Waals surface area contributed by atoms with E-state index in [1.54, 1.807) is 49.4 Å². The number of carbonyl (C=O) groups excluding carboxylic acids is 1. The summed E-state index contributed by atoms with van der Waals surface area (Å²) < 4.78 is 25.6. The van der Waals surface area contributed by atoms with E-state index in [-0.39, 0.29) is 12.5 Å². The van der Waals surface area contributed by atoms with Gasteiger partial charge in [-0.15, -0.1) is 10.2 Å². The first-order valence-electron chi connectivity index (χ1n) is 9.82. The number of nitrogens with zero attached hydrogens (tertiary/aromatic N) is 2. The fraction of sp³-hybridized carbons (Fsp3) is 0.125. The molecule has 0 radical (unpaired) electrons. The summed E-state index contributed by atoms with van der Waals surface area (Å²) in [6.07, 6.45) is 0. The van der Waals surface area contributed by atoms with Gasteiger partial charge in [0, 0.05) is 16.8 Å². The molecule has 3 aromatic carbocycles. The van der Waals surface area contributed by atoms with Crippen LogP contribution in [0, 0.1) is 5.82 Å². The molecule has 0 spiro atoms. The molecule has 6 nitrogen and oxygen atoms in total. The third kappa shape index (κ3) is 4.61. The van der Waals surface area contributed by atoms with Gasteiger partial charge in [-0.25, -0.2) is 9.18 Å². The van der Waals surface area contributed by atoms with Crippen LogP contribution in [0.4, 0.5) is 10.1 Å². The van der Waals surface area contributed by atoms with Gasteiger partial charge in [0.1, 0.15) is 11.9 Å². The van der Waals surface area contributed by atoms with Crippen LogP contribution >= 0.6 is 0 Å². The number of anilines is 1. The number of hydrogen-bond acceptors (Lipinski definition) is 6. The maximum absolute atomic E-state index is 14.7. The van der Waals surface area contributed by atoms with E-state index in [1.807, 2.05) is 30.3 Å². The monoisotopic (exact) mass is 417 g/mol. The Hall–Kier alpha value is -4.00. The van der Waals surface area contributed by atoms with Crippen LogP contribution in [-0.2, 0) is 4.74 Å². The summed E-state index contributed by atoms with van der Waals surface area (Å²) in [5.74, 6) is -0.316. The molecule has 0 unspecified atom stereocenters. The Morgan fingerprint density at radius 3 is 2.58 bits per heavy atom. The molecule has 1 atom stereocenters. The van der Waals surface area contributed by atoms with E-state index in [0.717, 1.165) is 5.56 Å². The molecular formula is C24H20FN3O3. The summed E-state index contributed by atoms with van der Waals surface area (Å²) in [6.45, 7) is 2.02. The molecule has 0 aliphatic heterocycles. The van der Waals surface area contributed by atoms with Crippen molar-refractivity contribution in [1.29, 1.82) is 0 Å². The number of benzene rings is 3.